The van der Waals surface area contributed by atoms with Crippen LogP contribution in [0.3, 0.4) is 0 Å². The Bertz CT molecular complexity index is 639. The first-order valence-electron chi connectivity index (χ1n) is 8.62. The first-order chi connectivity index (χ1) is 12.1. The van der Waals surface area contributed by atoms with Gasteiger partial charge in [0.25, 0.3) is 5.91 Å². The molecular weight excluding hydrogens is 336 g/mol. The maximum atomic E-state index is 12.8. The molecule has 2 aliphatic heterocycles. The van der Waals surface area contributed by atoms with E-state index in [4.69, 9.17) is 4.74 Å². The van der Waals surface area contributed by atoms with Crippen LogP contribution in [0.25, 0.3) is 0 Å². The van der Waals surface area contributed by atoms with Gasteiger partial charge in [0, 0.05) is 31.0 Å². The van der Waals surface area contributed by atoms with Crippen molar-refractivity contribution in [3.8, 4) is 0 Å². The largest absolute Gasteiger partial charge is 0.372 e. The molecule has 25 heavy (non-hydrogen) atoms. The summed E-state index contributed by atoms with van der Waals surface area (Å²) in [5, 5.41) is 2.73. The van der Waals surface area contributed by atoms with E-state index < -0.39 is 0 Å². The second-order valence-corrected chi connectivity index (χ2v) is 7.60. The summed E-state index contributed by atoms with van der Waals surface area (Å²) in [6.07, 6.45) is 3.25. The van der Waals surface area contributed by atoms with Crippen molar-refractivity contribution in [1.82, 2.24) is 10.2 Å². The lowest BCUT2D eigenvalue weighted by Crippen LogP contribution is -2.35. The van der Waals surface area contributed by atoms with Crippen molar-refractivity contribution in [3.63, 3.8) is 0 Å². The van der Waals surface area contributed by atoms with Crippen LogP contribution in [0.1, 0.15) is 28.8 Å². The third-order valence-corrected chi connectivity index (χ3v) is 6.04. The van der Waals surface area contributed by atoms with E-state index in [0.717, 1.165) is 36.5 Å². The van der Waals surface area contributed by atoms with Crippen LogP contribution in [0.4, 0.5) is 0 Å². The molecule has 2 amide bonds. The Morgan fingerprint density at radius 3 is 2.76 bits per heavy atom. The fourth-order valence-corrected chi connectivity index (χ4v) is 4.61. The van der Waals surface area contributed by atoms with Crippen LogP contribution >= 0.6 is 11.8 Å². The van der Waals surface area contributed by atoms with E-state index in [0.29, 0.717) is 25.3 Å². The van der Waals surface area contributed by atoms with E-state index in [1.165, 1.54) is 6.08 Å². The molecule has 0 aromatic heterocycles. The monoisotopic (exact) mass is 360 g/mol. The highest BCUT2D eigenvalue weighted by atomic mass is 32.2. The third kappa shape index (κ3) is 4.44. The van der Waals surface area contributed by atoms with Crippen LogP contribution in [0.15, 0.2) is 36.9 Å². The number of nitrogens with zero attached hydrogens (tertiary/aromatic N) is 1. The fraction of sp³-hybridized carbons (Fsp3) is 0.474. The molecule has 1 unspecified atom stereocenters. The number of hydrogen-bond donors (Lipinski definition) is 1. The van der Waals surface area contributed by atoms with E-state index >= 15 is 0 Å². The van der Waals surface area contributed by atoms with Gasteiger partial charge in [0.2, 0.25) is 5.91 Å². The van der Waals surface area contributed by atoms with Crippen molar-refractivity contribution in [2.24, 2.45) is 0 Å². The topological polar surface area (TPSA) is 58.6 Å². The lowest BCUT2D eigenvalue weighted by atomic mass is 9.99. The van der Waals surface area contributed by atoms with E-state index in [-0.39, 0.29) is 17.4 Å². The summed E-state index contributed by atoms with van der Waals surface area (Å²) in [4.78, 5) is 25.9. The minimum Gasteiger partial charge on any atom is -0.372 e. The Kier molecular flexibility index (Phi) is 5.81. The Morgan fingerprint density at radius 2 is 2.08 bits per heavy atom. The molecule has 1 aromatic carbocycles. The minimum atomic E-state index is -0.205. The summed E-state index contributed by atoms with van der Waals surface area (Å²) in [5.74, 6) is 2.04. The van der Waals surface area contributed by atoms with Crippen molar-refractivity contribution in [1.29, 1.82) is 0 Å². The molecule has 0 saturated carbocycles. The molecule has 2 heterocycles. The van der Waals surface area contributed by atoms with Crippen molar-refractivity contribution in [2.75, 3.05) is 31.2 Å². The van der Waals surface area contributed by atoms with Gasteiger partial charge in [-0.25, -0.2) is 0 Å². The fourth-order valence-electron chi connectivity index (χ4n) is 3.21. The van der Waals surface area contributed by atoms with Gasteiger partial charge in [-0.15, -0.1) is 0 Å². The molecule has 134 valence electrons. The van der Waals surface area contributed by atoms with Gasteiger partial charge in [-0.3, -0.25) is 9.59 Å². The van der Waals surface area contributed by atoms with Crippen molar-refractivity contribution in [2.45, 2.75) is 25.0 Å². The number of carbonyl (C=O) groups excluding carboxylic acids is 2. The van der Waals surface area contributed by atoms with Crippen LogP contribution < -0.4 is 5.32 Å². The van der Waals surface area contributed by atoms with E-state index in [9.17, 15) is 9.59 Å². The third-order valence-electron chi connectivity index (χ3n) is 4.81. The Labute approximate surface area is 152 Å². The highest BCUT2D eigenvalue weighted by molar-refractivity contribution is 7.99. The summed E-state index contributed by atoms with van der Waals surface area (Å²) >= 11 is 1.94. The lowest BCUT2D eigenvalue weighted by Gasteiger charge is -2.26. The second kappa shape index (κ2) is 8.06. The van der Waals surface area contributed by atoms with Gasteiger partial charge < -0.3 is 15.0 Å². The van der Waals surface area contributed by atoms with Crippen LogP contribution in [0.5, 0.6) is 0 Å². The van der Waals surface area contributed by atoms with Gasteiger partial charge in [-0.1, -0.05) is 18.7 Å². The lowest BCUT2D eigenvalue weighted by molar-refractivity contribution is -0.116. The minimum absolute atomic E-state index is 0.0209. The Hall–Kier alpha value is -1.79. The summed E-state index contributed by atoms with van der Waals surface area (Å²) in [5.41, 5.74) is 1.61. The molecule has 5 nitrogen and oxygen atoms in total. The number of benzene rings is 1. The van der Waals surface area contributed by atoms with Crippen LogP contribution in [0, 0.1) is 0 Å². The average molecular weight is 360 g/mol. The molecular formula is C19H24N2O3S. The molecule has 1 aromatic rings. The van der Waals surface area contributed by atoms with Gasteiger partial charge in [0.05, 0.1) is 12.2 Å². The summed E-state index contributed by atoms with van der Waals surface area (Å²) in [6, 6.07) is 7.40. The average Bonchev–Trinajstić information content (AvgIpc) is 3.00. The zero-order chi connectivity index (χ0) is 17.7. The highest BCUT2D eigenvalue weighted by Gasteiger charge is 2.38. The molecule has 3 rings (SSSR count). The molecule has 0 aliphatic carbocycles. The second-order valence-electron chi connectivity index (χ2n) is 6.50. The normalized spacial score (nSPS) is 23.3. The molecule has 0 bridgehead atoms. The Morgan fingerprint density at radius 1 is 1.28 bits per heavy atom. The molecule has 1 atom stereocenters. The van der Waals surface area contributed by atoms with Crippen molar-refractivity contribution < 1.29 is 14.3 Å². The first-order valence-corrected chi connectivity index (χ1v) is 9.78. The molecule has 2 fully saturated rings. The zero-order valence-electron chi connectivity index (χ0n) is 14.3. The number of thioether (sulfide) groups is 1. The van der Waals surface area contributed by atoms with Gasteiger partial charge >= 0.3 is 0 Å². The number of carbonyl (C=O) groups is 2. The highest BCUT2D eigenvalue weighted by Crippen LogP contribution is 2.35. The first kappa shape index (κ1) is 18.0. The smallest absolute Gasteiger partial charge is 0.253 e. The van der Waals surface area contributed by atoms with Crippen LogP contribution in [-0.2, 0) is 16.1 Å². The molecule has 0 radical (unpaired) electrons. The van der Waals surface area contributed by atoms with E-state index in [2.05, 4.69) is 11.9 Å². The number of ether oxygens (including phenoxy) is 1. The van der Waals surface area contributed by atoms with Gasteiger partial charge in [0.1, 0.15) is 0 Å². The maximum Gasteiger partial charge on any atom is 0.253 e. The van der Waals surface area contributed by atoms with E-state index in [1.807, 2.05) is 40.9 Å². The predicted octanol–water partition coefficient (Wildman–Crippen LogP) is 2.23. The van der Waals surface area contributed by atoms with Gasteiger partial charge in [0.15, 0.2) is 0 Å². The maximum absolute atomic E-state index is 12.8. The van der Waals surface area contributed by atoms with E-state index in [1.54, 1.807) is 0 Å². The SMILES string of the molecule is C=CC(=O)NCc1ccc(C(=O)N2CCOC3(CCSC3)CC2)cc1. The molecule has 1 spiro atoms. The van der Waals surface area contributed by atoms with Crippen LogP contribution in [-0.4, -0.2) is 53.5 Å². The predicted molar refractivity (Wildman–Crippen MR) is 99.6 cm³/mol. The number of nitrogens with one attached hydrogen (secondary N) is 1. The molecule has 6 heteroatoms. The number of hydrogen-bond acceptors (Lipinski definition) is 4. The summed E-state index contributed by atoms with van der Waals surface area (Å²) in [6.45, 7) is 5.85. The van der Waals surface area contributed by atoms with Gasteiger partial charge in [-0.05, 0) is 42.4 Å². The molecule has 2 saturated heterocycles. The number of rotatable bonds is 4. The quantitative estimate of drug-likeness (QED) is 0.837. The summed E-state index contributed by atoms with van der Waals surface area (Å²) in [7, 11) is 0. The zero-order valence-corrected chi connectivity index (χ0v) is 15.1. The standard InChI is InChI=1S/C19H24N2O3S/c1-2-17(22)20-13-15-3-5-16(6-4-15)18(23)21-9-7-19(24-11-10-21)8-12-25-14-19/h2-6H,1,7-14H2,(H,20,22). The van der Waals surface area contributed by atoms with Crippen molar-refractivity contribution in [3.05, 3.63) is 48.0 Å². The van der Waals surface area contributed by atoms with Crippen molar-refractivity contribution >= 4 is 23.6 Å². The summed E-state index contributed by atoms with van der Waals surface area (Å²) < 4.78 is 6.09. The molecule has 1 N–H and O–H groups in total. The molecule has 2 aliphatic rings. The Balaban J connectivity index is 1.58. The van der Waals surface area contributed by atoms with Crippen LogP contribution in [0.2, 0.25) is 0 Å². The number of amides is 2. The van der Waals surface area contributed by atoms with Gasteiger partial charge in [-0.2, -0.15) is 11.8 Å².